The molecule has 9 heteroatoms. The lowest BCUT2D eigenvalue weighted by atomic mass is 10.1. The van der Waals surface area contributed by atoms with Crippen LogP contribution < -0.4 is 0 Å². The first kappa shape index (κ1) is 20.8. The Kier molecular flexibility index (Phi) is 9.34. The molecule has 0 saturated carbocycles. The van der Waals surface area contributed by atoms with E-state index in [-0.39, 0.29) is 0 Å². The summed E-state index contributed by atoms with van der Waals surface area (Å²) in [7, 11) is 3.68. The fourth-order valence-electron chi connectivity index (χ4n) is 2.10. The Labute approximate surface area is 143 Å². The van der Waals surface area contributed by atoms with Gasteiger partial charge >= 0.3 is 0 Å². The maximum Gasteiger partial charge on any atom is 0.271 e. The van der Waals surface area contributed by atoms with E-state index in [2.05, 4.69) is 13.8 Å². The topological polar surface area (TPSA) is 51.2 Å². The molecule has 0 amide bonds. The van der Waals surface area contributed by atoms with Gasteiger partial charge in [-0.15, -0.1) is 0 Å². The largest absolute Gasteiger partial charge is 0.351 e. The Balaban J connectivity index is 2.74. The van der Waals surface area contributed by atoms with Crippen LogP contribution in [0, 0.1) is 5.92 Å². The molecule has 3 atom stereocenters. The molecule has 0 bridgehead atoms. The molecule has 0 aromatic carbocycles. The van der Waals surface area contributed by atoms with Crippen LogP contribution in [-0.4, -0.2) is 68.2 Å². The Morgan fingerprint density at radius 1 is 1.32 bits per heavy atom. The van der Waals surface area contributed by atoms with Crippen LogP contribution in [0.4, 0.5) is 0 Å². The zero-order chi connectivity index (χ0) is 16.8. The van der Waals surface area contributed by atoms with Gasteiger partial charge in [0.05, 0.1) is 19.7 Å². The fourth-order valence-corrected chi connectivity index (χ4v) is 6.24. The number of hydrogen-bond acceptors (Lipinski definition) is 6. The van der Waals surface area contributed by atoms with E-state index in [1.807, 2.05) is 31.3 Å². The summed E-state index contributed by atoms with van der Waals surface area (Å²) in [6, 6.07) is 0. The Bertz CT molecular complexity index is 374. The van der Waals surface area contributed by atoms with Gasteiger partial charge in [0.25, 0.3) is 6.65 Å². The Morgan fingerprint density at radius 3 is 2.45 bits per heavy atom. The molecule has 0 radical (unpaired) electrons. The third-order valence-corrected chi connectivity index (χ3v) is 9.36. The number of rotatable bonds is 9. The second-order valence-corrected chi connectivity index (χ2v) is 11.5. The number of nitrogens with zero attached hydrogens (tertiary/aromatic N) is 2. The summed E-state index contributed by atoms with van der Waals surface area (Å²) < 4.78 is 34.0. The molecule has 3 unspecified atom stereocenters. The van der Waals surface area contributed by atoms with Crippen molar-refractivity contribution in [2.45, 2.75) is 32.8 Å². The lowest BCUT2D eigenvalue weighted by Crippen LogP contribution is -2.48. The van der Waals surface area contributed by atoms with Crippen LogP contribution in [-0.2, 0) is 18.2 Å². The van der Waals surface area contributed by atoms with E-state index in [1.54, 1.807) is 4.67 Å². The molecule has 1 saturated heterocycles. The average Bonchev–Trinajstić information content (AvgIpc) is 2.46. The molecule has 1 fully saturated rings. The summed E-state index contributed by atoms with van der Waals surface area (Å²) in [5.41, 5.74) is 0. The SMILES string of the molecule is CSOC1CN(P(=O)(SC)N(C)C)CC(OCCC(C)C)O1. The molecule has 1 aliphatic rings. The first-order valence-electron chi connectivity index (χ1n) is 7.39. The van der Waals surface area contributed by atoms with Crippen LogP contribution in [0.2, 0.25) is 0 Å². The van der Waals surface area contributed by atoms with Crippen molar-refractivity contribution in [2.24, 2.45) is 5.92 Å². The van der Waals surface area contributed by atoms with Crippen molar-refractivity contribution >= 4 is 30.1 Å². The van der Waals surface area contributed by atoms with E-state index in [1.165, 1.54) is 23.4 Å². The number of hydrogen-bond donors (Lipinski definition) is 0. The smallest absolute Gasteiger partial charge is 0.271 e. The minimum absolute atomic E-state index is 0.412. The van der Waals surface area contributed by atoms with Crippen molar-refractivity contribution in [3.8, 4) is 0 Å². The normalized spacial score (nSPS) is 26.5. The lowest BCUT2D eigenvalue weighted by molar-refractivity contribution is -0.243. The molecule has 132 valence electrons. The second-order valence-electron chi connectivity index (χ2n) is 5.70. The van der Waals surface area contributed by atoms with Crippen LogP contribution in [0.1, 0.15) is 20.3 Å². The van der Waals surface area contributed by atoms with Crippen molar-refractivity contribution in [3.05, 3.63) is 0 Å². The third kappa shape index (κ3) is 5.98. The van der Waals surface area contributed by atoms with Crippen molar-refractivity contribution in [1.29, 1.82) is 0 Å². The van der Waals surface area contributed by atoms with E-state index in [0.717, 1.165) is 6.42 Å². The average molecular weight is 372 g/mol. The van der Waals surface area contributed by atoms with Gasteiger partial charge < -0.3 is 9.47 Å². The zero-order valence-electron chi connectivity index (χ0n) is 14.4. The van der Waals surface area contributed by atoms with Gasteiger partial charge in [-0.3, -0.25) is 8.75 Å². The maximum atomic E-state index is 13.2. The van der Waals surface area contributed by atoms with Crippen molar-refractivity contribution < 1.29 is 18.2 Å². The number of ether oxygens (including phenoxy) is 2. The lowest BCUT2D eigenvalue weighted by Gasteiger charge is -2.41. The van der Waals surface area contributed by atoms with Crippen LogP contribution >= 0.6 is 30.1 Å². The quantitative estimate of drug-likeness (QED) is 0.451. The highest BCUT2D eigenvalue weighted by molar-refractivity contribution is 8.56. The van der Waals surface area contributed by atoms with Crippen LogP contribution in [0.3, 0.4) is 0 Å². The monoisotopic (exact) mass is 372 g/mol. The Morgan fingerprint density at radius 2 is 1.95 bits per heavy atom. The predicted molar refractivity (Wildman–Crippen MR) is 95.0 cm³/mol. The van der Waals surface area contributed by atoms with E-state index in [4.69, 9.17) is 13.7 Å². The van der Waals surface area contributed by atoms with Crippen LogP contribution in [0.5, 0.6) is 0 Å². The molecule has 0 aromatic rings. The highest BCUT2D eigenvalue weighted by Gasteiger charge is 2.40. The van der Waals surface area contributed by atoms with Crippen molar-refractivity contribution in [2.75, 3.05) is 46.3 Å². The van der Waals surface area contributed by atoms with E-state index < -0.39 is 19.2 Å². The molecular formula is C13H29N2O4PS2. The second kappa shape index (κ2) is 9.89. The van der Waals surface area contributed by atoms with Gasteiger partial charge in [-0.25, -0.2) is 9.34 Å². The van der Waals surface area contributed by atoms with Crippen molar-refractivity contribution in [3.63, 3.8) is 0 Å². The van der Waals surface area contributed by atoms with Gasteiger partial charge in [0.1, 0.15) is 0 Å². The standard InChI is InChI=1S/C13H29N2O4PS2/c1-11(2)7-8-17-12-9-15(10-13(18-12)19-21-5)20(16,22-6)14(3)4/h11-13H,7-10H2,1-6H3. The molecule has 0 spiro atoms. The summed E-state index contributed by atoms with van der Waals surface area (Å²) in [4.78, 5) is 0. The summed E-state index contributed by atoms with van der Waals surface area (Å²) in [6.45, 7) is 3.25. The molecule has 0 aromatic heterocycles. The van der Waals surface area contributed by atoms with E-state index >= 15 is 0 Å². The van der Waals surface area contributed by atoms with Gasteiger partial charge in [-0.1, -0.05) is 25.2 Å². The number of morpholine rings is 1. The molecule has 0 N–H and O–H groups in total. The molecule has 22 heavy (non-hydrogen) atoms. The molecule has 1 heterocycles. The third-order valence-electron chi connectivity index (χ3n) is 3.33. The van der Waals surface area contributed by atoms with Gasteiger partial charge in [0, 0.05) is 6.26 Å². The fraction of sp³-hybridized carbons (Fsp3) is 1.00. The van der Waals surface area contributed by atoms with Gasteiger partial charge in [-0.05, 0) is 44.7 Å². The first-order valence-corrected chi connectivity index (χ1v) is 12.0. The van der Waals surface area contributed by atoms with Crippen LogP contribution in [0.15, 0.2) is 0 Å². The summed E-state index contributed by atoms with van der Waals surface area (Å²) in [5.74, 6) is 0.581. The zero-order valence-corrected chi connectivity index (χ0v) is 16.9. The van der Waals surface area contributed by atoms with Gasteiger partial charge in [-0.2, -0.15) is 0 Å². The predicted octanol–water partition coefficient (Wildman–Crippen LogP) is 3.36. The molecule has 1 rings (SSSR count). The van der Waals surface area contributed by atoms with Crippen LogP contribution in [0.25, 0.3) is 0 Å². The summed E-state index contributed by atoms with van der Waals surface area (Å²) in [6.07, 6.45) is 3.84. The summed E-state index contributed by atoms with van der Waals surface area (Å²) >= 11 is 2.62. The molecule has 6 nitrogen and oxygen atoms in total. The van der Waals surface area contributed by atoms with Gasteiger partial charge in [0.15, 0.2) is 12.6 Å². The first-order chi connectivity index (χ1) is 10.3. The highest BCUT2D eigenvalue weighted by atomic mass is 32.7. The van der Waals surface area contributed by atoms with Gasteiger partial charge in [0.2, 0.25) is 0 Å². The molecule has 1 aliphatic heterocycles. The maximum absolute atomic E-state index is 13.2. The van der Waals surface area contributed by atoms with Crippen molar-refractivity contribution in [1.82, 2.24) is 9.34 Å². The van der Waals surface area contributed by atoms with E-state index in [0.29, 0.717) is 25.6 Å². The van der Waals surface area contributed by atoms with E-state index in [9.17, 15) is 4.57 Å². The summed E-state index contributed by atoms with van der Waals surface area (Å²) in [5, 5.41) is 0. The minimum Gasteiger partial charge on any atom is -0.351 e. The highest BCUT2D eigenvalue weighted by Crippen LogP contribution is 2.62. The minimum atomic E-state index is -2.66. The Hall–Kier alpha value is 0.730. The molecule has 0 aliphatic carbocycles. The molecular weight excluding hydrogens is 343 g/mol.